The molecule has 1 atom stereocenters. The van der Waals surface area contributed by atoms with E-state index in [1.54, 1.807) is 11.3 Å². The number of nitrogens with one attached hydrogen (secondary N) is 1. The summed E-state index contributed by atoms with van der Waals surface area (Å²) in [6.07, 6.45) is 9.96. The molecule has 0 radical (unpaired) electrons. The molecule has 1 unspecified atom stereocenters. The molecule has 0 fully saturated rings. The number of fused-ring (bicyclic) bond motifs is 1. The molecule has 0 aliphatic rings. The zero-order valence-corrected chi connectivity index (χ0v) is 12.6. The number of hydrogen-bond donors (Lipinski definition) is 1. The normalized spacial score (nSPS) is 13.1. The summed E-state index contributed by atoms with van der Waals surface area (Å²) in [7, 11) is 2.04. The largest absolute Gasteiger partial charge is 0.337 e. The van der Waals surface area contributed by atoms with Crippen molar-refractivity contribution in [2.45, 2.75) is 25.8 Å². The Labute approximate surface area is 122 Å². The van der Waals surface area contributed by atoms with Crippen molar-refractivity contribution >= 4 is 16.3 Å². The van der Waals surface area contributed by atoms with E-state index in [2.05, 4.69) is 42.8 Å². The highest BCUT2D eigenvalue weighted by atomic mass is 32.1. The minimum absolute atomic E-state index is 0.208. The molecule has 0 saturated heterocycles. The minimum Gasteiger partial charge on any atom is -0.337 e. The third-order valence-electron chi connectivity index (χ3n) is 3.37. The summed E-state index contributed by atoms with van der Waals surface area (Å²) in [5, 5.41) is 5.62. The van der Waals surface area contributed by atoms with Crippen LogP contribution < -0.4 is 5.32 Å². The lowest BCUT2D eigenvalue weighted by Crippen LogP contribution is -2.26. The fourth-order valence-corrected chi connectivity index (χ4v) is 3.09. The van der Waals surface area contributed by atoms with Gasteiger partial charge in [-0.1, -0.05) is 6.92 Å². The van der Waals surface area contributed by atoms with Crippen LogP contribution in [0.15, 0.2) is 30.2 Å². The number of rotatable bonds is 6. The molecule has 3 rings (SSSR count). The smallest absolute Gasteiger partial charge is 0.193 e. The maximum atomic E-state index is 4.66. The number of imidazole rings is 2. The maximum Gasteiger partial charge on any atom is 0.193 e. The average molecular weight is 289 g/mol. The predicted octanol–water partition coefficient (Wildman–Crippen LogP) is 2.41. The molecule has 0 aromatic carbocycles. The molecule has 20 heavy (non-hydrogen) atoms. The van der Waals surface area contributed by atoms with E-state index in [-0.39, 0.29) is 6.04 Å². The molecule has 0 spiro atoms. The van der Waals surface area contributed by atoms with Crippen molar-refractivity contribution in [1.82, 2.24) is 24.3 Å². The van der Waals surface area contributed by atoms with Crippen LogP contribution in [0.25, 0.3) is 4.96 Å². The first kappa shape index (κ1) is 13.3. The number of thiazole rings is 1. The SMILES string of the molecule is CCCNC(Cc1cn2ccsc2n1)c1nccn1C. The van der Waals surface area contributed by atoms with E-state index in [4.69, 9.17) is 0 Å². The van der Waals surface area contributed by atoms with Crippen molar-refractivity contribution in [1.29, 1.82) is 0 Å². The summed E-state index contributed by atoms with van der Waals surface area (Å²) in [4.78, 5) is 10.2. The van der Waals surface area contributed by atoms with Gasteiger partial charge in [0.2, 0.25) is 0 Å². The van der Waals surface area contributed by atoms with Gasteiger partial charge in [-0.15, -0.1) is 11.3 Å². The molecule has 3 aromatic rings. The molecule has 1 N–H and O–H groups in total. The molecule has 0 bridgehead atoms. The zero-order valence-electron chi connectivity index (χ0n) is 11.8. The second-order valence-corrected chi connectivity index (χ2v) is 5.81. The Bertz CT molecular complexity index is 652. The first-order valence-corrected chi connectivity index (χ1v) is 7.77. The van der Waals surface area contributed by atoms with Gasteiger partial charge in [0, 0.05) is 43.6 Å². The fraction of sp³-hybridized carbons (Fsp3) is 0.429. The molecule has 3 heterocycles. The van der Waals surface area contributed by atoms with Gasteiger partial charge in [0.05, 0.1) is 11.7 Å². The Morgan fingerprint density at radius 2 is 2.30 bits per heavy atom. The molecular weight excluding hydrogens is 270 g/mol. The fourth-order valence-electron chi connectivity index (χ4n) is 2.37. The quantitative estimate of drug-likeness (QED) is 0.758. The Hall–Kier alpha value is -1.66. The number of aryl methyl sites for hydroxylation is 1. The number of aromatic nitrogens is 4. The molecule has 106 valence electrons. The van der Waals surface area contributed by atoms with Crippen molar-refractivity contribution < 1.29 is 0 Å². The third kappa shape index (κ3) is 2.62. The van der Waals surface area contributed by atoms with Gasteiger partial charge in [-0.3, -0.25) is 4.40 Å². The highest BCUT2D eigenvalue weighted by Crippen LogP contribution is 2.18. The molecule has 0 aliphatic heterocycles. The van der Waals surface area contributed by atoms with E-state index in [1.165, 1.54) is 0 Å². The topological polar surface area (TPSA) is 47.1 Å². The van der Waals surface area contributed by atoms with Gasteiger partial charge in [-0.05, 0) is 13.0 Å². The summed E-state index contributed by atoms with van der Waals surface area (Å²) in [6.45, 7) is 3.16. The van der Waals surface area contributed by atoms with Gasteiger partial charge in [0.15, 0.2) is 4.96 Å². The Morgan fingerprint density at radius 1 is 1.40 bits per heavy atom. The van der Waals surface area contributed by atoms with Crippen LogP contribution in [-0.4, -0.2) is 25.5 Å². The predicted molar refractivity (Wildman–Crippen MR) is 81.0 cm³/mol. The van der Waals surface area contributed by atoms with E-state index >= 15 is 0 Å². The van der Waals surface area contributed by atoms with Crippen LogP contribution in [0, 0.1) is 0 Å². The summed E-state index contributed by atoms with van der Waals surface area (Å²) in [5.74, 6) is 1.06. The lowest BCUT2D eigenvalue weighted by molar-refractivity contribution is 0.488. The average Bonchev–Trinajstić information content (AvgIpc) is 3.10. The van der Waals surface area contributed by atoms with E-state index < -0.39 is 0 Å². The Morgan fingerprint density at radius 3 is 3.00 bits per heavy atom. The minimum atomic E-state index is 0.208. The first-order valence-electron chi connectivity index (χ1n) is 6.89. The summed E-state index contributed by atoms with van der Waals surface area (Å²) in [5.41, 5.74) is 1.11. The van der Waals surface area contributed by atoms with Crippen LogP contribution in [0.3, 0.4) is 0 Å². The van der Waals surface area contributed by atoms with Gasteiger partial charge >= 0.3 is 0 Å². The highest BCUT2D eigenvalue weighted by molar-refractivity contribution is 7.15. The molecule has 3 aromatic heterocycles. The third-order valence-corrected chi connectivity index (χ3v) is 4.14. The standard InChI is InChI=1S/C14H19N5S/c1-3-4-15-12(13-16-5-6-18(13)2)9-11-10-19-7-8-20-14(19)17-11/h5-8,10,12,15H,3-4,9H2,1-2H3. The van der Waals surface area contributed by atoms with Crippen LogP contribution in [0.2, 0.25) is 0 Å². The van der Waals surface area contributed by atoms with E-state index in [0.29, 0.717) is 0 Å². The Balaban J connectivity index is 1.82. The van der Waals surface area contributed by atoms with Crippen molar-refractivity contribution in [3.8, 4) is 0 Å². The number of nitrogens with zero attached hydrogens (tertiary/aromatic N) is 4. The van der Waals surface area contributed by atoms with Crippen molar-refractivity contribution in [3.05, 3.63) is 41.7 Å². The van der Waals surface area contributed by atoms with Crippen LogP contribution in [0.4, 0.5) is 0 Å². The lowest BCUT2D eigenvalue weighted by Gasteiger charge is -2.17. The van der Waals surface area contributed by atoms with Crippen LogP contribution in [0.1, 0.15) is 30.9 Å². The molecule has 0 saturated carbocycles. The second-order valence-electron chi connectivity index (χ2n) is 4.93. The maximum absolute atomic E-state index is 4.66. The van der Waals surface area contributed by atoms with Gasteiger partial charge in [-0.25, -0.2) is 9.97 Å². The van der Waals surface area contributed by atoms with Crippen molar-refractivity contribution in [2.75, 3.05) is 6.54 Å². The molecule has 0 amide bonds. The van der Waals surface area contributed by atoms with Crippen LogP contribution in [-0.2, 0) is 13.5 Å². The molecule has 5 nitrogen and oxygen atoms in total. The van der Waals surface area contributed by atoms with Gasteiger partial charge in [-0.2, -0.15) is 0 Å². The summed E-state index contributed by atoms with van der Waals surface area (Å²) in [6, 6.07) is 0.208. The van der Waals surface area contributed by atoms with Gasteiger partial charge in [0.1, 0.15) is 5.82 Å². The number of hydrogen-bond acceptors (Lipinski definition) is 4. The first-order chi connectivity index (χ1) is 9.78. The van der Waals surface area contributed by atoms with Crippen LogP contribution >= 0.6 is 11.3 Å². The summed E-state index contributed by atoms with van der Waals surface area (Å²) < 4.78 is 4.15. The van der Waals surface area contributed by atoms with Gasteiger partial charge in [0.25, 0.3) is 0 Å². The molecule has 0 aliphatic carbocycles. The molecular formula is C14H19N5S. The molecule has 6 heteroatoms. The van der Waals surface area contributed by atoms with E-state index in [1.807, 2.05) is 25.6 Å². The lowest BCUT2D eigenvalue weighted by atomic mass is 10.1. The van der Waals surface area contributed by atoms with Gasteiger partial charge < -0.3 is 9.88 Å². The zero-order chi connectivity index (χ0) is 13.9. The van der Waals surface area contributed by atoms with E-state index in [0.717, 1.165) is 35.9 Å². The van der Waals surface area contributed by atoms with Crippen molar-refractivity contribution in [2.24, 2.45) is 7.05 Å². The summed E-state index contributed by atoms with van der Waals surface area (Å²) >= 11 is 1.66. The van der Waals surface area contributed by atoms with Crippen molar-refractivity contribution in [3.63, 3.8) is 0 Å². The van der Waals surface area contributed by atoms with Crippen LogP contribution in [0.5, 0.6) is 0 Å². The van der Waals surface area contributed by atoms with E-state index in [9.17, 15) is 0 Å². The monoisotopic (exact) mass is 289 g/mol. The Kier molecular flexibility index (Phi) is 3.84. The second kappa shape index (κ2) is 5.76. The highest BCUT2D eigenvalue weighted by Gasteiger charge is 2.17.